The molecule has 0 spiro atoms. The summed E-state index contributed by atoms with van der Waals surface area (Å²) in [7, 11) is 0. The topological polar surface area (TPSA) is 0 Å². The summed E-state index contributed by atoms with van der Waals surface area (Å²) < 4.78 is 2.91. The van der Waals surface area contributed by atoms with Gasteiger partial charge < -0.3 is 8.97 Å². The molecule has 166 valence electrons. The van der Waals surface area contributed by atoms with Gasteiger partial charge in [-0.05, 0) is 38.5 Å². The van der Waals surface area contributed by atoms with Gasteiger partial charge in [-0.25, -0.2) is 0 Å². The Morgan fingerprint density at radius 2 is 0.750 bits per heavy atom. The fourth-order valence-electron chi connectivity index (χ4n) is 7.38. The molecule has 2 nitrogen and oxygen atoms in total. The Morgan fingerprint density at radius 1 is 0.464 bits per heavy atom. The van der Waals surface area contributed by atoms with Crippen LogP contribution in [0, 0.1) is 23.7 Å². The Labute approximate surface area is 178 Å². The molecule has 2 aliphatic heterocycles. The van der Waals surface area contributed by atoms with E-state index < -0.39 is 0 Å². The quantitative estimate of drug-likeness (QED) is 0.252. The van der Waals surface area contributed by atoms with Crippen molar-refractivity contribution in [3.05, 3.63) is 0 Å². The summed E-state index contributed by atoms with van der Waals surface area (Å²) >= 11 is 0. The van der Waals surface area contributed by atoms with Gasteiger partial charge in [0, 0.05) is 36.5 Å². The van der Waals surface area contributed by atoms with Gasteiger partial charge in [-0.1, -0.05) is 41.5 Å². The van der Waals surface area contributed by atoms with Gasteiger partial charge in [-0.15, -0.1) is 0 Å². The maximum Gasteiger partial charge on any atom is 0.0820 e. The summed E-state index contributed by atoms with van der Waals surface area (Å²) in [6, 6.07) is 0. The molecule has 2 heterocycles. The van der Waals surface area contributed by atoms with E-state index in [1.807, 2.05) is 0 Å². The Bertz CT molecular complexity index is 368. The van der Waals surface area contributed by atoms with Crippen LogP contribution in [0.3, 0.4) is 0 Å². The lowest BCUT2D eigenvalue weighted by Crippen LogP contribution is -2.49. The fourth-order valence-corrected chi connectivity index (χ4v) is 7.38. The SMILES string of the molecule is CCC[N+]1(CCCC[N+]2(CCC)CC(CC)C(CC)C2)CC(CC)C(CC)C1. The molecular weight excluding hydrogens is 340 g/mol. The van der Waals surface area contributed by atoms with E-state index in [0.717, 1.165) is 23.7 Å². The molecule has 0 N–H and O–H groups in total. The summed E-state index contributed by atoms with van der Waals surface area (Å²) in [5.41, 5.74) is 0. The van der Waals surface area contributed by atoms with Crippen LogP contribution in [0.4, 0.5) is 0 Å². The molecule has 2 rings (SSSR count). The van der Waals surface area contributed by atoms with Crippen molar-refractivity contribution in [1.29, 1.82) is 0 Å². The minimum Gasteiger partial charge on any atom is -0.323 e. The van der Waals surface area contributed by atoms with Crippen LogP contribution in [0.2, 0.25) is 0 Å². The van der Waals surface area contributed by atoms with Gasteiger partial charge in [-0.3, -0.25) is 0 Å². The van der Waals surface area contributed by atoms with Crippen molar-refractivity contribution in [2.24, 2.45) is 23.7 Å². The molecule has 0 aliphatic carbocycles. The number of rotatable bonds is 13. The largest absolute Gasteiger partial charge is 0.323 e. The predicted octanol–water partition coefficient (Wildman–Crippen LogP) is 6.35. The van der Waals surface area contributed by atoms with Crippen molar-refractivity contribution in [1.82, 2.24) is 0 Å². The smallest absolute Gasteiger partial charge is 0.0820 e. The highest BCUT2D eigenvalue weighted by molar-refractivity contribution is 4.77. The van der Waals surface area contributed by atoms with Gasteiger partial charge in [0.25, 0.3) is 0 Å². The van der Waals surface area contributed by atoms with Crippen molar-refractivity contribution in [2.75, 3.05) is 52.4 Å². The maximum absolute atomic E-state index is 2.43. The lowest BCUT2D eigenvalue weighted by atomic mass is 9.92. The van der Waals surface area contributed by atoms with E-state index in [9.17, 15) is 0 Å². The first-order valence-electron chi connectivity index (χ1n) is 13.2. The van der Waals surface area contributed by atoms with E-state index in [0.29, 0.717) is 0 Å². The number of hydrogen-bond donors (Lipinski definition) is 0. The standard InChI is InChI=1S/C26H54N2/c1-7-15-27(19-23(9-3)24(10-4)20-27)17-13-14-18-28(16-8-2)21-25(11-5)26(12-6)22-28/h23-26H,7-22H2,1-6H3/q+2. The average molecular weight is 395 g/mol. The fraction of sp³-hybridized carbons (Fsp3) is 1.00. The Kier molecular flexibility index (Phi) is 9.81. The average Bonchev–Trinajstić information content (AvgIpc) is 3.24. The van der Waals surface area contributed by atoms with E-state index in [2.05, 4.69) is 41.5 Å². The highest BCUT2D eigenvalue weighted by Gasteiger charge is 2.44. The van der Waals surface area contributed by atoms with Gasteiger partial charge in [0.2, 0.25) is 0 Å². The molecule has 0 aromatic heterocycles. The molecule has 2 saturated heterocycles. The molecule has 4 unspecified atom stereocenters. The molecule has 0 bridgehead atoms. The van der Waals surface area contributed by atoms with Gasteiger partial charge in [0.15, 0.2) is 0 Å². The second kappa shape index (κ2) is 11.3. The zero-order chi connectivity index (χ0) is 20.6. The third-order valence-electron chi connectivity index (χ3n) is 8.83. The van der Waals surface area contributed by atoms with Crippen LogP contribution < -0.4 is 0 Å². The third kappa shape index (κ3) is 5.75. The monoisotopic (exact) mass is 394 g/mol. The second-order valence-electron chi connectivity index (χ2n) is 10.7. The molecule has 0 amide bonds. The van der Waals surface area contributed by atoms with E-state index in [-0.39, 0.29) is 0 Å². The van der Waals surface area contributed by atoms with E-state index in [4.69, 9.17) is 0 Å². The van der Waals surface area contributed by atoms with Gasteiger partial charge in [-0.2, -0.15) is 0 Å². The molecule has 4 atom stereocenters. The predicted molar refractivity (Wildman–Crippen MR) is 124 cm³/mol. The van der Waals surface area contributed by atoms with Crippen molar-refractivity contribution < 1.29 is 8.97 Å². The molecule has 28 heavy (non-hydrogen) atoms. The molecule has 0 radical (unpaired) electrons. The van der Waals surface area contributed by atoms with Crippen molar-refractivity contribution in [3.8, 4) is 0 Å². The number of nitrogens with zero attached hydrogens (tertiary/aromatic N) is 2. The Morgan fingerprint density at radius 3 is 0.964 bits per heavy atom. The summed E-state index contributed by atoms with van der Waals surface area (Å²) in [6.07, 6.45) is 11.2. The first-order valence-corrected chi connectivity index (χ1v) is 13.2. The number of hydrogen-bond acceptors (Lipinski definition) is 0. The number of likely N-dealkylation sites (tertiary alicyclic amines) is 2. The molecule has 0 saturated carbocycles. The highest BCUT2D eigenvalue weighted by atomic mass is 15.4. The van der Waals surface area contributed by atoms with Crippen molar-refractivity contribution in [3.63, 3.8) is 0 Å². The molecule has 0 aromatic rings. The van der Waals surface area contributed by atoms with Crippen LogP contribution in [-0.4, -0.2) is 61.3 Å². The zero-order valence-corrected chi connectivity index (χ0v) is 20.5. The van der Waals surface area contributed by atoms with Gasteiger partial charge >= 0.3 is 0 Å². The van der Waals surface area contributed by atoms with E-state index >= 15 is 0 Å². The van der Waals surface area contributed by atoms with Crippen LogP contribution in [0.5, 0.6) is 0 Å². The normalized spacial score (nSPS) is 38.4. The summed E-state index contributed by atoms with van der Waals surface area (Å²) in [6.45, 7) is 26.2. The molecular formula is C26H54N2+2. The molecule has 2 fully saturated rings. The van der Waals surface area contributed by atoms with Crippen LogP contribution in [0.25, 0.3) is 0 Å². The minimum atomic E-state index is 0.990. The Balaban J connectivity index is 1.91. The first-order chi connectivity index (χ1) is 13.5. The minimum absolute atomic E-state index is 0.990. The summed E-state index contributed by atoms with van der Waals surface area (Å²) in [5, 5.41) is 0. The number of unbranched alkanes of at least 4 members (excludes halogenated alkanes) is 1. The van der Waals surface area contributed by atoms with Crippen molar-refractivity contribution in [2.45, 2.75) is 92.9 Å². The lowest BCUT2D eigenvalue weighted by molar-refractivity contribution is -0.925. The molecule has 2 heteroatoms. The second-order valence-corrected chi connectivity index (χ2v) is 10.7. The van der Waals surface area contributed by atoms with Crippen LogP contribution in [-0.2, 0) is 0 Å². The third-order valence-corrected chi connectivity index (χ3v) is 8.83. The lowest BCUT2D eigenvalue weighted by Gasteiger charge is -2.37. The van der Waals surface area contributed by atoms with Crippen LogP contribution >= 0.6 is 0 Å². The first kappa shape index (κ1) is 24.2. The van der Waals surface area contributed by atoms with Gasteiger partial charge in [0.05, 0.1) is 52.4 Å². The highest BCUT2D eigenvalue weighted by Crippen LogP contribution is 2.36. The summed E-state index contributed by atoms with van der Waals surface area (Å²) in [5.74, 6) is 3.96. The van der Waals surface area contributed by atoms with E-state index in [1.54, 1.807) is 0 Å². The number of quaternary nitrogens is 2. The Hall–Kier alpha value is -0.0800. The van der Waals surface area contributed by atoms with Gasteiger partial charge in [0.1, 0.15) is 0 Å². The summed E-state index contributed by atoms with van der Waals surface area (Å²) in [4.78, 5) is 0. The van der Waals surface area contributed by atoms with Crippen LogP contribution in [0.1, 0.15) is 92.9 Å². The molecule has 0 aromatic carbocycles. The molecule has 2 aliphatic rings. The zero-order valence-electron chi connectivity index (χ0n) is 20.5. The van der Waals surface area contributed by atoms with Crippen LogP contribution in [0.15, 0.2) is 0 Å². The maximum atomic E-state index is 2.43. The van der Waals surface area contributed by atoms with E-state index in [1.165, 1.54) is 113 Å². The van der Waals surface area contributed by atoms with Crippen molar-refractivity contribution >= 4 is 0 Å².